The molecule has 16 heavy (non-hydrogen) atoms. The SMILES string of the molecule is COCCONC(=O)c1cccc(C)c1I. The highest BCUT2D eigenvalue weighted by Crippen LogP contribution is 2.16. The maximum atomic E-state index is 11.7. The summed E-state index contributed by atoms with van der Waals surface area (Å²) in [6.07, 6.45) is 0. The molecule has 5 heteroatoms. The first-order valence-electron chi connectivity index (χ1n) is 4.83. The molecule has 0 aliphatic carbocycles. The smallest absolute Gasteiger partial charge is 0.275 e. The van der Waals surface area contributed by atoms with E-state index >= 15 is 0 Å². The fraction of sp³-hybridized carbons (Fsp3) is 0.364. The van der Waals surface area contributed by atoms with Gasteiger partial charge in [0.2, 0.25) is 0 Å². The molecule has 4 nitrogen and oxygen atoms in total. The molecular formula is C11H14INO3. The number of amides is 1. The van der Waals surface area contributed by atoms with E-state index in [9.17, 15) is 4.79 Å². The average Bonchev–Trinajstić information content (AvgIpc) is 2.28. The molecule has 1 amide bonds. The number of carbonyl (C=O) groups is 1. The summed E-state index contributed by atoms with van der Waals surface area (Å²) in [6, 6.07) is 5.58. The predicted molar refractivity (Wildman–Crippen MR) is 69.2 cm³/mol. The van der Waals surface area contributed by atoms with Crippen molar-refractivity contribution in [2.75, 3.05) is 20.3 Å². The van der Waals surface area contributed by atoms with Crippen LogP contribution in [0.5, 0.6) is 0 Å². The predicted octanol–water partition coefficient (Wildman–Crippen LogP) is 1.91. The highest BCUT2D eigenvalue weighted by atomic mass is 127. The molecule has 0 spiro atoms. The number of benzene rings is 1. The van der Waals surface area contributed by atoms with E-state index < -0.39 is 0 Å². The largest absolute Gasteiger partial charge is 0.382 e. The minimum atomic E-state index is -0.232. The number of methoxy groups -OCH3 is 1. The molecule has 0 bridgehead atoms. The standard InChI is InChI=1S/C11H14INO3/c1-8-4-3-5-9(10(8)12)11(14)13-16-7-6-15-2/h3-5H,6-7H2,1-2H3,(H,13,14). The second kappa shape index (κ2) is 6.82. The molecule has 0 aliphatic rings. The van der Waals surface area contributed by atoms with Crippen LogP contribution in [0.1, 0.15) is 15.9 Å². The van der Waals surface area contributed by atoms with Gasteiger partial charge in [-0.05, 0) is 41.1 Å². The van der Waals surface area contributed by atoms with Crippen LogP contribution in [-0.4, -0.2) is 26.2 Å². The third kappa shape index (κ3) is 3.73. The minimum Gasteiger partial charge on any atom is -0.382 e. The maximum absolute atomic E-state index is 11.7. The zero-order valence-electron chi connectivity index (χ0n) is 9.25. The van der Waals surface area contributed by atoms with E-state index in [0.29, 0.717) is 18.8 Å². The number of aryl methyl sites for hydroxylation is 1. The maximum Gasteiger partial charge on any atom is 0.275 e. The zero-order chi connectivity index (χ0) is 12.0. The summed E-state index contributed by atoms with van der Waals surface area (Å²) in [4.78, 5) is 16.7. The number of hydrogen-bond acceptors (Lipinski definition) is 3. The molecule has 0 aromatic heterocycles. The van der Waals surface area contributed by atoms with Crippen LogP contribution in [0.4, 0.5) is 0 Å². The van der Waals surface area contributed by atoms with Gasteiger partial charge in [0, 0.05) is 10.7 Å². The lowest BCUT2D eigenvalue weighted by molar-refractivity contribution is 0.00882. The number of ether oxygens (including phenoxy) is 1. The van der Waals surface area contributed by atoms with Crippen LogP contribution in [0.15, 0.2) is 18.2 Å². The van der Waals surface area contributed by atoms with Crippen LogP contribution in [0, 0.1) is 10.5 Å². The molecule has 1 aromatic rings. The van der Waals surface area contributed by atoms with Crippen molar-refractivity contribution < 1.29 is 14.4 Å². The summed E-state index contributed by atoms with van der Waals surface area (Å²) in [5.41, 5.74) is 4.08. The molecule has 0 fully saturated rings. The third-order valence-electron chi connectivity index (χ3n) is 1.99. The molecule has 0 heterocycles. The molecule has 1 N–H and O–H groups in total. The van der Waals surface area contributed by atoms with Gasteiger partial charge in [-0.15, -0.1) is 0 Å². The van der Waals surface area contributed by atoms with Gasteiger partial charge in [-0.2, -0.15) is 0 Å². The Kier molecular flexibility index (Phi) is 5.72. The number of nitrogens with one attached hydrogen (secondary N) is 1. The molecule has 0 saturated carbocycles. The summed E-state index contributed by atoms with van der Waals surface area (Å²) < 4.78 is 5.73. The normalized spacial score (nSPS) is 10.2. The first kappa shape index (κ1) is 13.4. The topological polar surface area (TPSA) is 47.6 Å². The Morgan fingerprint density at radius 2 is 2.19 bits per heavy atom. The van der Waals surface area contributed by atoms with Crippen LogP contribution >= 0.6 is 22.6 Å². The van der Waals surface area contributed by atoms with Gasteiger partial charge in [0.05, 0.1) is 18.8 Å². The molecule has 0 atom stereocenters. The van der Waals surface area contributed by atoms with Gasteiger partial charge >= 0.3 is 0 Å². The number of rotatable bonds is 5. The second-order valence-electron chi connectivity index (χ2n) is 3.21. The Bertz CT molecular complexity index is 368. The highest BCUT2D eigenvalue weighted by Gasteiger charge is 2.10. The van der Waals surface area contributed by atoms with Crippen molar-refractivity contribution >= 4 is 28.5 Å². The fourth-order valence-corrected chi connectivity index (χ4v) is 1.72. The molecule has 0 saturated heterocycles. The van der Waals surface area contributed by atoms with Gasteiger partial charge in [0.25, 0.3) is 5.91 Å². The van der Waals surface area contributed by atoms with Gasteiger partial charge in [-0.3, -0.25) is 9.63 Å². The van der Waals surface area contributed by atoms with Crippen LogP contribution in [-0.2, 0) is 9.57 Å². The zero-order valence-corrected chi connectivity index (χ0v) is 11.4. The minimum absolute atomic E-state index is 0.232. The Balaban J connectivity index is 2.56. The lowest BCUT2D eigenvalue weighted by Gasteiger charge is -2.08. The van der Waals surface area contributed by atoms with Gasteiger partial charge in [0.1, 0.15) is 0 Å². The van der Waals surface area contributed by atoms with E-state index in [1.165, 1.54) is 0 Å². The van der Waals surface area contributed by atoms with Crippen molar-refractivity contribution in [1.29, 1.82) is 0 Å². The number of halogens is 1. The quantitative estimate of drug-likeness (QED) is 0.508. The molecule has 1 aromatic carbocycles. The molecule has 88 valence electrons. The first-order valence-corrected chi connectivity index (χ1v) is 5.91. The highest BCUT2D eigenvalue weighted by molar-refractivity contribution is 14.1. The Morgan fingerprint density at radius 3 is 2.88 bits per heavy atom. The van der Waals surface area contributed by atoms with Crippen molar-refractivity contribution in [2.45, 2.75) is 6.92 Å². The van der Waals surface area contributed by atoms with E-state index in [1.54, 1.807) is 13.2 Å². The van der Waals surface area contributed by atoms with E-state index in [0.717, 1.165) is 9.13 Å². The molecular weight excluding hydrogens is 321 g/mol. The van der Waals surface area contributed by atoms with E-state index in [4.69, 9.17) is 9.57 Å². The Labute approximate surface area is 108 Å². The van der Waals surface area contributed by atoms with Crippen LogP contribution in [0.3, 0.4) is 0 Å². The van der Waals surface area contributed by atoms with Crippen molar-refractivity contribution in [1.82, 2.24) is 5.48 Å². The van der Waals surface area contributed by atoms with Crippen LogP contribution in [0.2, 0.25) is 0 Å². The van der Waals surface area contributed by atoms with Gasteiger partial charge in [-0.25, -0.2) is 5.48 Å². The average molecular weight is 335 g/mol. The van der Waals surface area contributed by atoms with Crippen molar-refractivity contribution in [3.8, 4) is 0 Å². The van der Waals surface area contributed by atoms with Crippen molar-refractivity contribution in [2.24, 2.45) is 0 Å². The van der Waals surface area contributed by atoms with Gasteiger partial charge < -0.3 is 4.74 Å². The van der Waals surface area contributed by atoms with Crippen LogP contribution < -0.4 is 5.48 Å². The molecule has 0 radical (unpaired) electrons. The monoisotopic (exact) mass is 335 g/mol. The second-order valence-corrected chi connectivity index (χ2v) is 4.29. The van der Waals surface area contributed by atoms with Gasteiger partial charge in [0.15, 0.2) is 0 Å². The Hall–Kier alpha value is -0.660. The lowest BCUT2D eigenvalue weighted by Crippen LogP contribution is -2.26. The molecule has 0 aliphatic heterocycles. The van der Waals surface area contributed by atoms with Crippen molar-refractivity contribution in [3.63, 3.8) is 0 Å². The van der Waals surface area contributed by atoms with E-state index in [-0.39, 0.29) is 5.91 Å². The molecule has 0 unspecified atom stereocenters. The summed E-state index contributed by atoms with van der Waals surface area (Å²) in [5, 5.41) is 0. The summed E-state index contributed by atoms with van der Waals surface area (Å²) >= 11 is 2.15. The number of hydrogen-bond donors (Lipinski definition) is 1. The summed E-state index contributed by atoms with van der Waals surface area (Å²) in [5.74, 6) is -0.232. The summed E-state index contributed by atoms with van der Waals surface area (Å²) in [7, 11) is 1.58. The third-order valence-corrected chi connectivity index (χ3v) is 3.42. The number of carbonyl (C=O) groups excluding carboxylic acids is 1. The number of hydroxylamine groups is 1. The Morgan fingerprint density at radius 1 is 1.44 bits per heavy atom. The summed E-state index contributed by atoms with van der Waals surface area (Å²) in [6.45, 7) is 2.75. The van der Waals surface area contributed by atoms with E-state index in [2.05, 4.69) is 28.1 Å². The fourth-order valence-electron chi connectivity index (χ4n) is 1.12. The van der Waals surface area contributed by atoms with Crippen molar-refractivity contribution in [3.05, 3.63) is 32.9 Å². The van der Waals surface area contributed by atoms with Crippen LogP contribution in [0.25, 0.3) is 0 Å². The molecule has 1 rings (SSSR count). The first-order chi connectivity index (χ1) is 7.66. The van der Waals surface area contributed by atoms with E-state index in [1.807, 2.05) is 19.1 Å². The van der Waals surface area contributed by atoms with Gasteiger partial charge in [-0.1, -0.05) is 12.1 Å². The lowest BCUT2D eigenvalue weighted by atomic mass is 10.1.